The van der Waals surface area contributed by atoms with Crippen LogP contribution in [0.15, 0.2) is 48.5 Å². The molecule has 0 saturated heterocycles. The summed E-state index contributed by atoms with van der Waals surface area (Å²) in [4.78, 5) is 37.8. The lowest BCUT2D eigenvalue weighted by Crippen LogP contribution is -2.43. The van der Waals surface area contributed by atoms with Crippen molar-refractivity contribution in [3.8, 4) is 0 Å². The third-order valence-corrected chi connectivity index (χ3v) is 4.08. The summed E-state index contributed by atoms with van der Waals surface area (Å²) < 4.78 is 0. The smallest absolute Gasteiger partial charge is 0.238 e. The molecular formula is C18H15NO3. The Balaban J connectivity index is 2.00. The van der Waals surface area contributed by atoms with Crippen LogP contribution in [0.1, 0.15) is 26.3 Å². The number of aldehydes is 1. The molecule has 0 aliphatic carbocycles. The van der Waals surface area contributed by atoms with Gasteiger partial charge in [-0.3, -0.25) is 14.4 Å². The van der Waals surface area contributed by atoms with Crippen LogP contribution in [-0.4, -0.2) is 25.0 Å². The number of amides is 1. The zero-order valence-corrected chi connectivity index (χ0v) is 12.2. The fraction of sp³-hybridized carbons (Fsp3) is 0.167. The molecular weight excluding hydrogens is 278 g/mol. The van der Waals surface area contributed by atoms with Crippen LogP contribution in [0.25, 0.3) is 0 Å². The van der Waals surface area contributed by atoms with Crippen LogP contribution in [0, 0.1) is 5.92 Å². The summed E-state index contributed by atoms with van der Waals surface area (Å²) in [7, 11) is 1.67. The van der Waals surface area contributed by atoms with E-state index < -0.39 is 5.92 Å². The molecule has 0 aromatic heterocycles. The number of ketones is 1. The molecule has 0 bridgehead atoms. The van der Waals surface area contributed by atoms with Gasteiger partial charge < -0.3 is 4.90 Å². The van der Waals surface area contributed by atoms with E-state index in [1.54, 1.807) is 55.6 Å². The third kappa shape index (κ3) is 2.22. The van der Waals surface area contributed by atoms with Crippen molar-refractivity contribution in [3.05, 3.63) is 65.2 Å². The average Bonchev–Trinajstić information content (AvgIpc) is 2.57. The van der Waals surface area contributed by atoms with Crippen molar-refractivity contribution in [1.29, 1.82) is 0 Å². The lowest BCUT2D eigenvalue weighted by molar-refractivity contribution is -0.120. The molecule has 0 radical (unpaired) electrons. The van der Waals surface area contributed by atoms with Crippen LogP contribution in [0.2, 0.25) is 0 Å². The quantitative estimate of drug-likeness (QED) is 0.645. The number of carbonyl (C=O) groups is 3. The lowest BCUT2D eigenvalue weighted by atomic mass is 9.85. The van der Waals surface area contributed by atoms with Gasteiger partial charge in [0, 0.05) is 18.2 Å². The number of hydrogen-bond donors (Lipinski definition) is 0. The fourth-order valence-electron chi connectivity index (χ4n) is 2.86. The number of hydrogen-bond acceptors (Lipinski definition) is 3. The SMILES string of the molecule is CN1C(=O)C(Cc2ccccc2C=O)C(=O)c2ccccc21. The molecule has 0 N–H and O–H groups in total. The standard InChI is InChI=1S/C18H15NO3/c1-19-16-9-5-4-8-14(16)17(21)15(18(19)22)10-12-6-2-3-7-13(12)11-20/h2-9,11,15H,10H2,1H3. The van der Waals surface area contributed by atoms with Crippen LogP contribution >= 0.6 is 0 Å². The van der Waals surface area contributed by atoms with Gasteiger partial charge >= 0.3 is 0 Å². The summed E-state index contributed by atoms with van der Waals surface area (Å²) >= 11 is 0. The molecule has 1 aliphatic rings. The zero-order chi connectivity index (χ0) is 15.7. The molecule has 0 spiro atoms. The van der Waals surface area contributed by atoms with Gasteiger partial charge in [-0.25, -0.2) is 0 Å². The molecule has 2 aromatic rings. The predicted octanol–water partition coefficient (Wildman–Crippen LogP) is 2.52. The average molecular weight is 293 g/mol. The Morgan fingerprint density at radius 2 is 1.73 bits per heavy atom. The maximum atomic E-state index is 12.6. The molecule has 0 fully saturated rings. The molecule has 0 saturated carbocycles. The van der Waals surface area contributed by atoms with Crippen molar-refractivity contribution >= 4 is 23.7 Å². The monoisotopic (exact) mass is 293 g/mol. The first-order chi connectivity index (χ1) is 10.6. The summed E-state index contributed by atoms with van der Waals surface area (Å²) in [5.41, 5.74) is 2.43. The summed E-state index contributed by atoms with van der Waals surface area (Å²) in [5, 5.41) is 0. The highest BCUT2D eigenvalue weighted by Crippen LogP contribution is 2.31. The Hall–Kier alpha value is -2.75. The first-order valence-corrected chi connectivity index (χ1v) is 7.07. The minimum absolute atomic E-state index is 0.181. The normalized spacial score (nSPS) is 17.3. The molecule has 2 aromatic carbocycles. The molecule has 110 valence electrons. The number of benzene rings is 2. The molecule has 1 aliphatic heterocycles. The molecule has 22 heavy (non-hydrogen) atoms. The van der Waals surface area contributed by atoms with Crippen molar-refractivity contribution in [2.75, 3.05) is 11.9 Å². The number of rotatable bonds is 3. The second-order valence-electron chi connectivity index (χ2n) is 5.35. The van der Waals surface area contributed by atoms with E-state index in [2.05, 4.69) is 0 Å². The molecule has 3 rings (SSSR count). The van der Waals surface area contributed by atoms with E-state index in [1.807, 2.05) is 0 Å². The highest BCUT2D eigenvalue weighted by Gasteiger charge is 2.37. The van der Waals surface area contributed by atoms with Gasteiger partial charge in [0.1, 0.15) is 12.2 Å². The molecule has 1 atom stereocenters. The van der Waals surface area contributed by atoms with Crippen LogP contribution < -0.4 is 4.90 Å². The van der Waals surface area contributed by atoms with Crippen molar-refractivity contribution in [2.45, 2.75) is 6.42 Å². The van der Waals surface area contributed by atoms with Gasteiger partial charge in [0.05, 0.1) is 5.69 Å². The number of fused-ring (bicyclic) bond motifs is 1. The van der Waals surface area contributed by atoms with Gasteiger partial charge in [-0.05, 0) is 24.1 Å². The van der Waals surface area contributed by atoms with Crippen LogP contribution in [0.4, 0.5) is 5.69 Å². The molecule has 1 amide bonds. The Morgan fingerprint density at radius 1 is 1.05 bits per heavy atom. The third-order valence-electron chi connectivity index (χ3n) is 4.08. The fourth-order valence-corrected chi connectivity index (χ4v) is 2.86. The van der Waals surface area contributed by atoms with Crippen molar-refractivity contribution in [2.24, 2.45) is 5.92 Å². The van der Waals surface area contributed by atoms with E-state index in [-0.39, 0.29) is 18.1 Å². The maximum absolute atomic E-state index is 12.6. The van der Waals surface area contributed by atoms with Gasteiger partial charge in [0.15, 0.2) is 5.78 Å². The van der Waals surface area contributed by atoms with Gasteiger partial charge in [0.25, 0.3) is 0 Å². The Bertz CT molecular complexity index is 766. The number of Topliss-reactive ketones (excluding diaryl/α,β-unsaturated/α-hetero) is 1. The van der Waals surface area contributed by atoms with Gasteiger partial charge in [-0.1, -0.05) is 36.4 Å². The Labute approximate surface area is 128 Å². The summed E-state index contributed by atoms with van der Waals surface area (Å²) in [6.07, 6.45) is 0.996. The summed E-state index contributed by atoms with van der Waals surface area (Å²) in [6.45, 7) is 0. The van der Waals surface area contributed by atoms with Crippen molar-refractivity contribution in [1.82, 2.24) is 0 Å². The second kappa shape index (κ2) is 5.56. The highest BCUT2D eigenvalue weighted by atomic mass is 16.2. The van der Waals surface area contributed by atoms with Crippen molar-refractivity contribution < 1.29 is 14.4 Å². The van der Waals surface area contributed by atoms with Gasteiger partial charge in [0.2, 0.25) is 5.91 Å². The van der Waals surface area contributed by atoms with Crippen molar-refractivity contribution in [3.63, 3.8) is 0 Å². The largest absolute Gasteiger partial charge is 0.314 e. The van der Waals surface area contributed by atoms with Crippen LogP contribution in [0.5, 0.6) is 0 Å². The number of para-hydroxylation sites is 1. The minimum Gasteiger partial charge on any atom is -0.314 e. The van der Waals surface area contributed by atoms with E-state index in [0.29, 0.717) is 16.8 Å². The van der Waals surface area contributed by atoms with E-state index in [0.717, 1.165) is 11.8 Å². The summed E-state index contributed by atoms with van der Waals surface area (Å²) in [5.74, 6) is -1.19. The maximum Gasteiger partial charge on any atom is 0.238 e. The molecule has 1 unspecified atom stereocenters. The van der Waals surface area contributed by atoms with Gasteiger partial charge in [-0.2, -0.15) is 0 Å². The second-order valence-corrected chi connectivity index (χ2v) is 5.35. The van der Waals surface area contributed by atoms with Gasteiger partial charge in [-0.15, -0.1) is 0 Å². The molecule has 1 heterocycles. The zero-order valence-electron chi connectivity index (χ0n) is 12.2. The minimum atomic E-state index is -0.777. The van der Waals surface area contributed by atoms with E-state index >= 15 is 0 Å². The highest BCUT2D eigenvalue weighted by molar-refractivity contribution is 6.21. The van der Waals surface area contributed by atoms with E-state index in [1.165, 1.54) is 4.90 Å². The van der Waals surface area contributed by atoms with E-state index in [9.17, 15) is 14.4 Å². The number of nitrogens with zero attached hydrogens (tertiary/aromatic N) is 1. The first-order valence-electron chi connectivity index (χ1n) is 7.07. The van der Waals surface area contributed by atoms with E-state index in [4.69, 9.17) is 0 Å². The summed E-state index contributed by atoms with van der Waals surface area (Å²) in [6, 6.07) is 14.1. The first kappa shape index (κ1) is 14.2. The molecule has 4 heteroatoms. The number of anilines is 1. The predicted molar refractivity (Wildman–Crippen MR) is 83.2 cm³/mol. The lowest BCUT2D eigenvalue weighted by Gasteiger charge is -2.30. The Morgan fingerprint density at radius 3 is 2.50 bits per heavy atom. The number of carbonyl (C=O) groups excluding carboxylic acids is 3. The van der Waals surface area contributed by atoms with Crippen LogP contribution in [0.3, 0.4) is 0 Å². The topological polar surface area (TPSA) is 54.5 Å². The van der Waals surface area contributed by atoms with Crippen LogP contribution in [-0.2, 0) is 11.2 Å². The molecule has 4 nitrogen and oxygen atoms in total. The Kier molecular flexibility index (Phi) is 3.59.